The van der Waals surface area contributed by atoms with Crippen LogP contribution < -0.4 is 4.90 Å². The first-order valence-electron chi connectivity index (χ1n) is 13.7. The van der Waals surface area contributed by atoms with E-state index in [0.29, 0.717) is 5.89 Å². The van der Waals surface area contributed by atoms with Crippen molar-refractivity contribution in [3.8, 4) is 34.0 Å². The Morgan fingerprint density at radius 2 is 1.29 bits per heavy atom. The van der Waals surface area contributed by atoms with Crippen molar-refractivity contribution in [1.29, 1.82) is 0 Å². The summed E-state index contributed by atoms with van der Waals surface area (Å²) in [6.45, 7) is 0. The summed E-state index contributed by atoms with van der Waals surface area (Å²) in [5, 5.41) is 4.51. The van der Waals surface area contributed by atoms with Gasteiger partial charge in [0.25, 0.3) is 0 Å². The third kappa shape index (κ3) is 3.25. The molecule has 0 saturated heterocycles. The normalized spacial score (nSPS) is 11.9. The highest BCUT2D eigenvalue weighted by Gasteiger charge is 2.30. The Morgan fingerprint density at radius 1 is 0.537 bits per heavy atom. The van der Waals surface area contributed by atoms with Crippen LogP contribution in [-0.2, 0) is 0 Å². The fourth-order valence-electron chi connectivity index (χ4n) is 6.25. The number of furan rings is 1. The quantitative estimate of drug-likeness (QED) is 0.229. The Labute approximate surface area is 235 Å². The van der Waals surface area contributed by atoms with E-state index in [2.05, 4.69) is 83.8 Å². The average Bonchev–Trinajstić information content (AvgIpc) is 3.71. The van der Waals surface area contributed by atoms with Crippen LogP contribution in [0.15, 0.2) is 142 Å². The second-order valence-corrected chi connectivity index (χ2v) is 10.4. The molecule has 0 saturated carbocycles. The van der Waals surface area contributed by atoms with E-state index >= 15 is 0 Å². The van der Waals surface area contributed by atoms with Gasteiger partial charge in [-0.3, -0.25) is 0 Å². The van der Waals surface area contributed by atoms with E-state index in [0.717, 1.165) is 72.5 Å². The van der Waals surface area contributed by atoms with Gasteiger partial charge in [0.1, 0.15) is 16.9 Å². The van der Waals surface area contributed by atoms with Crippen LogP contribution in [0.3, 0.4) is 0 Å². The van der Waals surface area contributed by atoms with Crippen molar-refractivity contribution in [2.75, 3.05) is 4.90 Å². The summed E-state index contributed by atoms with van der Waals surface area (Å²) in [5.74, 6) is 1.45. The van der Waals surface area contributed by atoms with Crippen LogP contribution >= 0.6 is 0 Å². The van der Waals surface area contributed by atoms with Crippen LogP contribution in [0.5, 0.6) is 0 Å². The molecular formula is C37H22N2O2. The van der Waals surface area contributed by atoms with Crippen LogP contribution in [0, 0.1) is 0 Å². The number of para-hydroxylation sites is 2. The first kappa shape index (κ1) is 22.2. The molecular weight excluding hydrogens is 504 g/mol. The molecule has 2 heterocycles. The van der Waals surface area contributed by atoms with Crippen molar-refractivity contribution in [2.45, 2.75) is 0 Å². The molecule has 0 aliphatic heterocycles. The molecule has 0 radical (unpaired) electrons. The van der Waals surface area contributed by atoms with Crippen LogP contribution in [-0.4, -0.2) is 4.98 Å². The third-order valence-electron chi connectivity index (χ3n) is 8.00. The molecule has 6 aromatic carbocycles. The van der Waals surface area contributed by atoms with Gasteiger partial charge in [0.2, 0.25) is 5.89 Å². The van der Waals surface area contributed by atoms with E-state index in [1.807, 2.05) is 54.6 Å². The number of fused-ring (bicyclic) bond motifs is 6. The number of rotatable bonds is 4. The largest absolute Gasteiger partial charge is 0.456 e. The number of hydrogen-bond donors (Lipinski definition) is 0. The summed E-state index contributed by atoms with van der Waals surface area (Å²) in [6, 6.07) is 46.0. The molecule has 41 heavy (non-hydrogen) atoms. The Balaban J connectivity index is 1.32. The van der Waals surface area contributed by atoms with Gasteiger partial charge < -0.3 is 13.7 Å². The van der Waals surface area contributed by atoms with E-state index in [4.69, 9.17) is 13.8 Å². The smallest absolute Gasteiger partial charge is 0.227 e. The molecule has 0 atom stereocenters. The Hall–Kier alpha value is -5.61. The highest BCUT2D eigenvalue weighted by Crippen LogP contribution is 2.51. The minimum atomic E-state index is 0.637. The molecule has 1 aliphatic rings. The zero-order valence-corrected chi connectivity index (χ0v) is 21.9. The molecule has 0 amide bonds. The van der Waals surface area contributed by atoms with Gasteiger partial charge in [0.15, 0.2) is 5.76 Å². The van der Waals surface area contributed by atoms with Gasteiger partial charge in [-0.25, -0.2) is 4.98 Å². The zero-order chi connectivity index (χ0) is 26.9. The fraction of sp³-hybridized carbons (Fsp3) is 0. The van der Waals surface area contributed by atoms with E-state index in [-0.39, 0.29) is 0 Å². The van der Waals surface area contributed by atoms with Crippen molar-refractivity contribution in [3.05, 3.63) is 133 Å². The molecule has 1 aliphatic carbocycles. The maximum absolute atomic E-state index is 6.50. The molecule has 4 heteroatoms. The Kier molecular flexibility index (Phi) is 4.58. The molecule has 4 nitrogen and oxygen atoms in total. The summed E-state index contributed by atoms with van der Waals surface area (Å²) in [6.07, 6.45) is 0. The maximum Gasteiger partial charge on any atom is 0.227 e. The molecule has 0 bridgehead atoms. The lowest BCUT2D eigenvalue weighted by Gasteiger charge is -2.27. The minimum Gasteiger partial charge on any atom is -0.456 e. The van der Waals surface area contributed by atoms with E-state index in [9.17, 15) is 0 Å². The van der Waals surface area contributed by atoms with Gasteiger partial charge in [-0.2, -0.15) is 0 Å². The summed E-state index contributed by atoms with van der Waals surface area (Å²) >= 11 is 0. The monoisotopic (exact) mass is 526 g/mol. The molecule has 9 rings (SSSR count). The van der Waals surface area contributed by atoms with Crippen molar-refractivity contribution < 1.29 is 8.83 Å². The van der Waals surface area contributed by atoms with E-state index in [1.165, 1.54) is 5.39 Å². The van der Waals surface area contributed by atoms with Crippen LogP contribution in [0.25, 0.3) is 66.7 Å². The summed E-state index contributed by atoms with van der Waals surface area (Å²) < 4.78 is 12.8. The second-order valence-electron chi connectivity index (χ2n) is 10.4. The van der Waals surface area contributed by atoms with Gasteiger partial charge in [-0.15, -0.1) is 0 Å². The standard InChI is InChI=1S/C37H22N2O2/c1-3-11-23(12-4-1)37-38-35-28-17-9-13-24-21-26(22-29(33(24)28)36(35)41-37)39(25-14-5-2-6-15-25)30-18-10-20-32-34(30)27-16-7-8-19-31(27)40-32/h1-22H. The molecule has 0 fully saturated rings. The maximum atomic E-state index is 6.50. The SMILES string of the molecule is c1ccc(-c2nc3c(o2)-c2cc(N(c4ccccc4)c4cccc5oc6ccccc6c45)cc4cccc-3c24)cc1. The van der Waals surface area contributed by atoms with Crippen molar-refractivity contribution in [1.82, 2.24) is 4.98 Å². The average molecular weight is 527 g/mol. The molecule has 0 unspecified atom stereocenters. The second kappa shape index (κ2) is 8.44. The number of aromatic nitrogens is 1. The van der Waals surface area contributed by atoms with E-state index in [1.54, 1.807) is 0 Å². The van der Waals surface area contributed by atoms with Gasteiger partial charge in [0.05, 0.1) is 11.1 Å². The molecule has 2 aromatic heterocycles. The van der Waals surface area contributed by atoms with Crippen molar-refractivity contribution in [2.24, 2.45) is 0 Å². The predicted octanol–water partition coefficient (Wildman–Crippen LogP) is 10.5. The predicted molar refractivity (Wildman–Crippen MR) is 166 cm³/mol. The highest BCUT2D eigenvalue weighted by molar-refractivity contribution is 6.17. The summed E-state index contributed by atoms with van der Waals surface area (Å²) in [5.41, 5.74) is 8.94. The topological polar surface area (TPSA) is 42.4 Å². The number of nitrogens with zero attached hydrogens (tertiary/aromatic N) is 2. The van der Waals surface area contributed by atoms with E-state index < -0.39 is 0 Å². The van der Waals surface area contributed by atoms with Gasteiger partial charge in [0, 0.05) is 38.8 Å². The first-order valence-corrected chi connectivity index (χ1v) is 13.7. The summed E-state index contributed by atoms with van der Waals surface area (Å²) in [7, 11) is 0. The number of anilines is 3. The van der Waals surface area contributed by atoms with Gasteiger partial charge in [-0.05, 0) is 60.0 Å². The van der Waals surface area contributed by atoms with Crippen LogP contribution in [0.4, 0.5) is 17.1 Å². The lowest BCUT2D eigenvalue weighted by molar-refractivity contribution is 0.590. The van der Waals surface area contributed by atoms with Crippen LogP contribution in [0.1, 0.15) is 0 Å². The lowest BCUT2D eigenvalue weighted by atomic mass is 10.0. The minimum absolute atomic E-state index is 0.637. The van der Waals surface area contributed by atoms with Crippen molar-refractivity contribution >= 4 is 49.8 Å². The first-order chi connectivity index (χ1) is 20.3. The van der Waals surface area contributed by atoms with Gasteiger partial charge >= 0.3 is 0 Å². The number of oxazole rings is 1. The molecule has 8 aromatic rings. The molecule has 192 valence electrons. The lowest BCUT2D eigenvalue weighted by Crippen LogP contribution is -2.10. The van der Waals surface area contributed by atoms with Crippen LogP contribution in [0.2, 0.25) is 0 Å². The Bertz CT molecular complexity index is 2260. The third-order valence-corrected chi connectivity index (χ3v) is 8.00. The fourth-order valence-corrected chi connectivity index (χ4v) is 6.25. The number of hydrogen-bond acceptors (Lipinski definition) is 4. The highest BCUT2D eigenvalue weighted by atomic mass is 16.4. The molecule has 0 spiro atoms. The number of benzene rings is 6. The molecule has 0 N–H and O–H groups in total. The summed E-state index contributed by atoms with van der Waals surface area (Å²) in [4.78, 5) is 7.29. The Morgan fingerprint density at radius 3 is 2.17 bits per heavy atom. The zero-order valence-electron chi connectivity index (χ0n) is 21.9. The van der Waals surface area contributed by atoms with Crippen molar-refractivity contribution in [3.63, 3.8) is 0 Å². The van der Waals surface area contributed by atoms with Gasteiger partial charge in [-0.1, -0.05) is 78.9 Å².